The molecule has 0 aliphatic carbocycles. The quantitative estimate of drug-likeness (QED) is 0.519. The van der Waals surface area contributed by atoms with Crippen molar-refractivity contribution in [2.75, 3.05) is 46.2 Å². The number of rotatable bonds is 12. The zero-order chi connectivity index (χ0) is 12.1. The van der Waals surface area contributed by atoms with E-state index in [4.69, 9.17) is 19.3 Å². The highest BCUT2D eigenvalue weighted by molar-refractivity contribution is 4.51. The first-order valence-electron chi connectivity index (χ1n) is 6.19. The minimum Gasteiger partial charge on any atom is -0.394 e. The van der Waals surface area contributed by atoms with E-state index in [1.54, 1.807) is 0 Å². The molecule has 0 unspecified atom stereocenters. The summed E-state index contributed by atoms with van der Waals surface area (Å²) in [5.74, 6) is 0.674. The third kappa shape index (κ3) is 10.4. The van der Waals surface area contributed by atoms with Crippen molar-refractivity contribution in [3.05, 3.63) is 0 Å². The normalized spacial score (nSPS) is 11.2. The standard InChI is InChI=1S/C12H26O4/c1-3-12(4-2)11-16-10-9-15-8-7-14-6-5-13/h12-13H,3-11H2,1-2H3. The van der Waals surface area contributed by atoms with Gasteiger partial charge in [0, 0.05) is 6.61 Å². The second-order valence-corrected chi connectivity index (χ2v) is 3.71. The van der Waals surface area contributed by atoms with Crippen molar-refractivity contribution in [2.45, 2.75) is 26.7 Å². The topological polar surface area (TPSA) is 47.9 Å². The SMILES string of the molecule is CCC(CC)COCCOCCOCCO. The van der Waals surface area contributed by atoms with Crippen LogP contribution in [0.25, 0.3) is 0 Å². The number of hydrogen-bond donors (Lipinski definition) is 1. The molecule has 0 atom stereocenters. The second kappa shape index (κ2) is 12.9. The van der Waals surface area contributed by atoms with Gasteiger partial charge in [0.1, 0.15) is 0 Å². The lowest BCUT2D eigenvalue weighted by Gasteiger charge is -2.12. The lowest BCUT2D eigenvalue weighted by molar-refractivity contribution is 0.00138. The molecule has 1 N–H and O–H groups in total. The zero-order valence-electron chi connectivity index (χ0n) is 10.6. The van der Waals surface area contributed by atoms with Gasteiger partial charge in [0.15, 0.2) is 0 Å². The minimum absolute atomic E-state index is 0.0680. The highest BCUT2D eigenvalue weighted by Crippen LogP contribution is 2.06. The Bertz CT molecular complexity index is 126. The molecular weight excluding hydrogens is 208 g/mol. The summed E-state index contributed by atoms with van der Waals surface area (Å²) < 4.78 is 15.8. The Balaban J connectivity index is 3.03. The van der Waals surface area contributed by atoms with E-state index in [1.807, 2.05) is 0 Å². The average molecular weight is 234 g/mol. The summed E-state index contributed by atoms with van der Waals surface area (Å²) in [6, 6.07) is 0. The van der Waals surface area contributed by atoms with Crippen LogP contribution in [0.3, 0.4) is 0 Å². The fraction of sp³-hybridized carbons (Fsp3) is 1.00. The first-order valence-corrected chi connectivity index (χ1v) is 6.19. The Labute approximate surface area is 98.9 Å². The lowest BCUT2D eigenvalue weighted by atomic mass is 10.1. The molecule has 4 nitrogen and oxygen atoms in total. The van der Waals surface area contributed by atoms with E-state index in [0.29, 0.717) is 39.0 Å². The maximum atomic E-state index is 8.45. The van der Waals surface area contributed by atoms with Crippen LogP contribution in [-0.4, -0.2) is 51.4 Å². The molecule has 0 saturated carbocycles. The highest BCUT2D eigenvalue weighted by atomic mass is 16.5. The van der Waals surface area contributed by atoms with E-state index >= 15 is 0 Å². The van der Waals surface area contributed by atoms with Gasteiger partial charge in [-0.3, -0.25) is 0 Å². The smallest absolute Gasteiger partial charge is 0.0701 e. The molecule has 16 heavy (non-hydrogen) atoms. The highest BCUT2D eigenvalue weighted by Gasteiger charge is 2.02. The predicted molar refractivity (Wildman–Crippen MR) is 63.6 cm³/mol. The van der Waals surface area contributed by atoms with Crippen molar-refractivity contribution < 1.29 is 19.3 Å². The fourth-order valence-electron chi connectivity index (χ4n) is 1.28. The molecule has 0 rings (SSSR count). The fourth-order valence-corrected chi connectivity index (χ4v) is 1.28. The zero-order valence-corrected chi connectivity index (χ0v) is 10.6. The van der Waals surface area contributed by atoms with E-state index in [2.05, 4.69) is 13.8 Å². The predicted octanol–water partition coefficient (Wildman–Crippen LogP) is 1.46. The van der Waals surface area contributed by atoms with E-state index in [0.717, 1.165) is 6.61 Å². The Morgan fingerprint density at radius 1 is 0.812 bits per heavy atom. The van der Waals surface area contributed by atoms with Gasteiger partial charge in [-0.05, 0) is 5.92 Å². The molecule has 98 valence electrons. The largest absolute Gasteiger partial charge is 0.394 e. The van der Waals surface area contributed by atoms with Crippen LogP contribution >= 0.6 is 0 Å². The van der Waals surface area contributed by atoms with Crippen molar-refractivity contribution in [1.29, 1.82) is 0 Å². The Morgan fingerprint density at radius 3 is 1.81 bits per heavy atom. The molecule has 0 aromatic carbocycles. The Hall–Kier alpha value is -0.160. The van der Waals surface area contributed by atoms with Gasteiger partial charge in [-0.25, -0.2) is 0 Å². The maximum Gasteiger partial charge on any atom is 0.0701 e. The summed E-state index contributed by atoms with van der Waals surface area (Å²) >= 11 is 0. The van der Waals surface area contributed by atoms with Gasteiger partial charge < -0.3 is 19.3 Å². The van der Waals surface area contributed by atoms with Crippen molar-refractivity contribution in [3.63, 3.8) is 0 Å². The molecule has 0 fully saturated rings. The molecule has 0 heterocycles. The number of hydrogen-bond acceptors (Lipinski definition) is 4. The van der Waals surface area contributed by atoms with Crippen molar-refractivity contribution in [1.82, 2.24) is 0 Å². The molecule has 4 heteroatoms. The van der Waals surface area contributed by atoms with E-state index in [-0.39, 0.29) is 6.61 Å². The van der Waals surface area contributed by atoms with Gasteiger partial charge in [-0.15, -0.1) is 0 Å². The second-order valence-electron chi connectivity index (χ2n) is 3.71. The van der Waals surface area contributed by atoms with Gasteiger partial charge in [0.25, 0.3) is 0 Å². The van der Waals surface area contributed by atoms with Crippen LogP contribution in [0, 0.1) is 5.92 Å². The van der Waals surface area contributed by atoms with Crippen molar-refractivity contribution in [2.24, 2.45) is 5.92 Å². The summed E-state index contributed by atoms with van der Waals surface area (Å²) in [5.41, 5.74) is 0. The van der Waals surface area contributed by atoms with Gasteiger partial charge in [0.05, 0.1) is 39.6 Å². The molecule has 0 spiro atoms. The summed E-state index contributed by atoms with van der Waals surface area (Å²) in [5, 5.41) is 8.45. The first kappa shape index (κ1) is 15.8. The maximum absolute atomic E-state index is 8.45. The summed E-state index contributed by atoms with van der Waals surface area (Å²) in [6.07, 6.45) is 2.35. The van der Waals surface area contributed by atoms with E-state index < -0.39 is 0 Å². The summed E-state index contributed by atoms with van der Waals surface area (Å²) in [6.45, 7) is 8.02. The van der Waals surface area contributed by atoms with Gasteiger partial charge in [-0.2, -0.15) is 0 Å². The molecular formula is C12H26O4. The molecule has 0 saturated heterocycles. The van der Waals surface area contributed by atoms with Crippen LogP contribution in [0.1, 0.15) is 26.7 Å². The van der Waals surface area contributed by atoms with Gasteiger partial charge >= 0.3 is 0 Å². The minimum atomic E-state index is 0.0680. The first-order chi connectivity index (χ1) is 7.85. The van der Waals surface area contributed by atoms with Crippen LogP contribution in [-0.2, 0) is 14.2 Å². The lowest BCUT2D eigenvalue weighted by Crippen LogP contribution is -2.13. The van der Waals surface area contributed by atoms with Crippen LogP contribution in [0.2, 0.25) is 0 Å². The number of aliphatic hydroxyl groups excluding tert-OH is 1. The molecule has 0 aliphatic rings. The summed E-state index contributed by atoms with van der Waals surface area (Å²) in [7, 11) is 0. The van der Waals surface area contributed by atoms with E-state index in [9.17, 15) is 0 Å². The van der Waals surface area contributed by atoms with Crippen LogP contribution < -0.4 is 0 Å². The molecule has 0 amide bonds. The average Bonchev–Trinajstić information content (AvgIpc) is 2.32. The van der Waals surface area contributed by atoms with Crippen molar-refractivity contribution >= 4 is 0 Å². The third-order valence-corrected chi connectivity index (χ3v) is 2.49. The molecule has 0 aliphatic heterocycles. The van der Waals surface area contributed by atoms with Crippen LogP contribution in [0.15, 0.2) is 0 Å². The number of ether oxygens (including phenoxy) is 3. The molecule has 0 aromatic rings. The Kier molecular flexibility index (Phi) is 12.8. The van der Waals surface area contributed by atoms with E-state index in [1.165, 1.54) is 12.8 Å². The summed E-state index contributed by atoms with van der Waals surface area (Å²) in [4.78, 5) is 0. The van der Waals surface area contributed by atoms with Gasteiger partial charge in [0.2, 0.25) is 0 Å². The van der Waals surface area contributed by atoms with Crippen LogP contribution in [0.4, 0.5) is 0 Å². The molecule has 0 radical (unpaired) electrons. The molecule has 0 aromatic heterocycles. The molecule has 0 bridgehead atoms. The van der Waals surface area contributed by atoms with Gasteiger partial charge in [-0.1, -0.05) is 26.7 Å². The monoisotopic (exact) mass is 234 g/mol. The van der Waals surface area contributed by atoms with Crippen LogP contribution in [0.5, 0.6) is 0 Å². The third-order valence-electron chi connectivity index (χ3n) is 2.49. The number of aliphatic hydroxyl groups is 1. The van der Waals surface area contributed by atoms with Crippen molar-refractivity contribution in [3.8, 4) is 0 Å². The Morgan fingerprint density at radius 2 is 1.31 bits per heavy atom.